The molecule has 1 aliphatic rings. The summed E-state index contributed by atoms with van der Waals surface area (Å²) < 4.78 is 0. The van der Waals surface area contributed by atoms with E-state index in [1.807, 2.05) is 0 Å². The van der Waals surface area contributed by atoms with Crippen LogP contribution in [-0.2, 0) is 9.59 Å². The van der Waals surface area contributed by atoms with E-state index < -0.39 is 12.0 Å². The molecule has 1 amide bonds. The fourth-order valence-electron chi connectivity index (χ4n) is 1.65. The number of amides is 1. The zero-order valence-corrected chi connectivity index (χ0v) is 8.32. The second-order valence-electron chi connectivity index (χ2n) is 3.60. The molecule has 1 rings (SSSR count). The van der Waals surface area contributed by atoms with Gasteiger partial charge in [0.1, 0.15) is 6.04 Å². The van der Waals surface area contributed by atoms with Crippen LogP contribution in [0.3, 0.4) is 0 Å². The van der Waals surface area contributed by atoms with Gasteiger partial charge in [-0.2, -0.15) is 0 Å². The Morgan fingerprint density at radius 1 is 1.43 bits per heavy atom. The van der Waals surface area contributed by atoms with Crippen molar-refractivity contribution in [3.05, 3.63) is 0 Å². The van der Waals surface area contributed by atoms with Crippen LogP contribution in [0.25, 0.3) is 0 Å². The minimum Gasteiger partial charge on any atom is -0.480 e. The van der Waals surface area contributed by atoms with Gasteiger partial charge in [-0.05, 0) is 25.9 Å². The largest absolute Gasteiger partial charge is 0.480 e. The molecule has 2 N–H and O–H groups in total. The molecule has 5 nitrogen and oxygen atoms in total. The molecule has 1 heterocycles. The third-order valence-corrected chi connectivity index (χ3v) is 2.32. The Kier molecular flexibility index (Phi) is 3.88. The average molecular weight is 200 g/mol. The molecule has 0 spiro atoms. The molecule has 14 heavy (non-hydrogen) atoms. The van der Waals surface area contributed by atoms with E-state index in [-0.39, 0.29) is 5.91 Å². The number of carboxylic acids is 1. The molecule has 0 saturated carbocycles. The third kappa shape index (κ3) is 3.33. The molecule has 1 saturated heterocycles. The van der Waals surface area contributed by atoms with Crippen LogP contribution >= 0.6 is 0 Å². The number of hydrogen-bond donors (Lipinski definition) is 2. The van der Waals surface area contributed by atoms with Crippen LogP contribution < -0.4 is 5.32 Å². The highest BCUT2D eigenvalue weighted by Gasteiger charge is 2.23. The standard InChI is InChI=1S/C9H16N2O3/c1-7(12)10-8(9(13)14)6-11-4-2-3-5-11/h8H,2-6H2,1H3,(H,10,12)(H,13,14). The van der Waals surface area contributed by atoms with E-state index in [2.05, 4.69) is 10.2 Å². The molecule has 1 aliphatic heterocycles. The van der Waals surface area contributed by atoms with Gasteiger partial charge in [0.25, 0.3) is 0 Å². The minimum atomic E-state index is -0.966. The lowest BCUT2D eigenvalue weighted by molar-refractivity contribution is -0.142. The van der Waals surface area contributed by atoms with Gasteiger partial charge in [-0.15, -0.1) is 0 Å². The second kappa shape index (κ2) is 4.95. The molecule has 0 aromatic rings. The summed E-state index contributed by atoms with van der Waals surface area (Å²) in [7, 11) is 0. The van der Waals surface area contributed by atoms with Crippen LogP contribution in [0.5, 0.6) is 0 Å². The van der Waals surface area contributed by atoms with E-state index in [9.17, 15) is 9.59 Å². The first-order valence-corrected chi connectivity index (χ1v) is 4.82. The zero-order chi connectivity index (χ0) is 10.6. The maximum atomic E-state index is 10.8. The summed E-state index contributed by atoms with van der Waals surface area (Å²) >= 11 is 0. The SMILES string of the molecule is CC(=O)NC(CN1CCCC1)C(=O)O. The van der Waals surface area contributed by atoms with Gasteiger partial charge in [-0.1, -0.05) is 0 Å². The fourth-order valence-corrected chi connectivity index (χ4v) is 1.65. The maximum absolute atomic E-state index is 10.8. The van der Waals surface area contributed by atoms with Gasteiger partial charge in [0.05, 0.1) is 0 Å². The van der Waals surface area contributed by atoms with Gasteiger partial charge in [-0.25, -0.2) is 4.79 Å². The normalized spacial score (nSPS) is 19.2. The highest BCUT2D eigenvalue weighted by molar-refractivity contribution is 5.82. The van der Waals surface area contributed by atoms with Crippen molar-refractivity contribution >= 4 is 11.9 Å². The van der Waals surface area contributed by atoms with Crippen LogP contribution in [0, 0.1) is 0 Å². The number of nitrogens with zero attached hydrogens (tertiary/aromatic N) is 1. The summed E-state index contributed by atoms with van der Waals surface area (Å²) in [5.41, 5.74) is 0. The molecule has 5 heteroatoms. The van der Waals surface area contributed by atoms with Gasteiger partial charge in [-0.3, -0.25) is 4.79 Å². The van der Waals surface area contributed by atoms with Crippen LogP contribution in [0.1, 0.15) is 19.8 Å². The number of aliphatic carboxylic acids is 1. The molecule has 0 aromatic heterocycles. The molecule has 0 radical (unpaired) electrons. The Labute approximate surface area is 83.1 Å². The van der Waals surface area contributed by atoms with Crippen molar-refractivity contribution in [2.24, 2.45) is 0 Å². The average Bonchev–Trinajstić information content (AvgIpc) is 2.54. The van der Waals surface area contributed by atoms with Crippen molar-refractivity contribution < 1.29 is 14.7 Å². The quantitative estimate of drug-likeness (QED) is 0.652. The van der Waals surface area contributed by atoms with E-state index in [1.165, 1.54) is 6.92 Å². The first kappa shape index (κ1) is 11.0. The topological polar surface area (TPSA) is 69.6 Å². The third-order valence-electron chi connectivity index (χ3n) is 2.32. The summed E-state index contributed by atoms with van der Waals surface area (Å²) in [6, 6.07) is -0.773. The van der Waals surface area contributed by atoms with Crippen LogP contribution in [0.4, 0.5) is 0 Å². The van der Waals surface area contributed by atoms with E-state index in [0.717, 1.165) is 25.9 Å². The zero-order valence-electron chi connectivity index (χ0n) is 8.32. The first-order chi connectivity index (χ1) is 6.59. The number of carboxylic acid groups (broad SMARTS) is 1. The highest BCUT2D eigenvalue weighted by Crippen LogP contribution is 2.07. The number of rotatable bonds is 4. The highest BCUT2D eigenvalue weighted by atomic mass is 16.4. The van der Waals surface area contributed by atoms with Crippen molar-refractivity contribution in [1.29, 1.82) is 0 Å². The van der Waals surface area contributed by atoms with Crippen molar-refractivity contribution in [3.8, 4) is 0 Å². The Morgan fingerprint density at radius 3 is 2.43 bits per heavy atom. The van der Waals surface area contributed by atoms with Crippen molar-refractivity contribution in [3.63, 3.8) is 0 Å². The lowest BCUT2D eigenvalue weighted by Gasteiger charge is -2.20. The Hall–Kier alpha value is -1.10. The number of carbonyl (C=O) groups excluding carboxylic acids is 1. The smallest absolute Gasteiger partial charge is 0.327 e. The summed E-state index contributed by atoms with van der Waals surface area (Å²) in [5, 5.41) is 11.3. The first-order valence-electron chi connectivity index (χ1n) is 4.82. The van der Waals surface area contributed by atoms with E-state index in [1.54, 1.807) is 0 Å². The number of carbonyl (C=O) groups is 2. The second-order valence-corrected chi connectivity index (χ2v) is 3.60. The number of nitrogens with one attached hydrogen (secondary N) is 1. The summed E-state index contributed by atoms with van der Waals surface area (Å²) in [5.74, 6) is -1.26. The fraction of sp³-hybridized carbons (Fsp3) is 0.778. The lowest BCUT2D eigenvalue weighted by atomic mass is 10.2. The molecule has 1 atom stereocenters. The van der Waals surface area contributed by atoms with Gasteiger partial charge in [0.15, 0.2) is 0 Å². The molecule has 1 fully saturated rings. The Balaban J connectivity index is 2.41. The summed E-state index contributed by atoms with van der Waals surface area (Å²) in [6.45, 7) is 3.61. The maximum Gasteiger partial charge on any atom is 0.327 e. The molecule has 0 aliphatic carbocycles. The van der Waals surface area contributed by atoms with Crippen LogP contribution in [0.2, 0.25) is 0 Å². The molecular weight excluding hydrogens is 184 g/mol. The summed E-state index contributed by atoms with van der Waals surface area (Å²) in [6.07, 6.45) is 2.23. The predicted octanol–water partition coefficient (Wildman–Crippen LogP) is -0.328. The molecular formula is C9H16N2O3. The lowest BCUT2D eigenvalue weighted by Crippen LogP contribution is -2.47. The van der Waals surface area contributed by atoms with Crippen molar-refractivity contribution in [2.45, 2.75) is 25.8 Å². The van der Waals surface area contributed by atoms with Crippen molar-refractivity contribution in [1.82, 2.24) is 10.2 Å². The Bertz CT molecular complexity index is 224. The number of likely N-dealkylation sites (tertiary alicyclic amines) is 1. The van der Waals surface area contributed by atoms with Gasteiger partial charge >= 0.3 is 5.97 Å². The minimum absolute atomic E-state index is 0.295. The monoisotopic (exact) mass is 200 g/mol. The van der Waals surface area contributed by atoms with E-state index in [4.69, 9.17) is 5.11 Å². The predicted molar refractivity (Wildman–Crippen MR) is 50.9 cm³/mol. The van der Waals surface area contributed by atoms with Gasteiger partial charge in [0, 0.05) is 13.5 Å². The van der Waals surface area contributed by atoms with Gasteiger partial charge in [0.2, 0.25) is 5.91 Å². The van der Waals surface area contributed by atoms with Crippen LogP contribution in [0.15, 0.2) is 0 Å². The molecule has 80 valence electrons. The van der Waals surface area contributed by atoms with E-state index in [0.29, 0.717) is 6.54 Å². The van der Waals surface area contributed by atoms with Crippen LogP contribution in [-0.4, -0.2) is 47.6 Å². The summed E-state index contributed by atoms with van der Waals surface area (Å²) in [4.78, 5) is 23.6. The Morgan fingerprint density at radius 2 is 2.00 bits per heavy atom. The van der Waals surface area contributed by atoms with Crippen molar-refractivity contribution in [2.75, 3.05) is 19.6 Å². The van der Waals surface area contributed by atoms with E-state index >= 15 is 0 Å². The molecule has 0 aromatic carbocycles. The number of hydrogen-bond acceptors (Lipinski definition) is 3. The molecule has 1 unspecified atom stereocenters. The molecule has 0 bridgehead atoms. The van der Waals surface area contributed by atoms with Gasteiger partial charge < -0.3 is 15.3 Å².